The number of ether oxygens (including phenoxy) is 1. The summed E-state index contributed by atoms with van der Waals surface area (Å²) in [5.74, 6) is 0.171. The first-order chi connectivity index (χ1) is 18.4. The highest BCUT2D eigenvalue weighted by Crippen LogP contribution is 2.25. The van der Waals surface area contributed by atoms with Crippen LogP contribution >= 0.6 is 0 Å². The van der Waals surface area contributed by atoms with E-state index in [0.717, 1.165) is 29.5 Å². The van der Waals surface area contributed by atoms with Crippen LogP contribution in [0.15, 0.2) is 95.4 Å². The lowest BCUT2D eigenvalue weighted by atomic mass is 10.1. The van der Waals surface area contributed by atoms with Gasteiger partial charge in [0.05, 0.1) is 0 Å². The van der Waals surface area contributed by atoms with Crippen LogP contribution in [0.5, 0.6) is 5.75 Å². The van der Waals surface area contributed by atoms with Crippen LogP contribution < -0.4 is 15.5 Å². The molecule has 1 atom stereocenters. The smallest absolute Gasteiger partial charge is 0.274 e. The van der Waals surface area contributed by atoms with Gasteiger partial charge >= 0.3 is 0 Å². The molecule has 0 aliphatic carbocycles. The van der Waals surface area contributed by atoms with Crippen molar-refractivity contribution in [2.24, 2.45) is 0 Å². The van der Waals surface area contributed by atoms with Crippen molar-refractivity contribution in [3.8, 4) is 5.75 Å². The fraction of sp³-hybridized carbons (Fsp3) is 0.200. The summed E-state index contributed by atoms with van der Waals surface area (Å²) in [6.07, 6.45) is 1.80. The van der Waals surface area contributed by atoms with Gasteiger partial charge in [0.25, 0.3) is 5.91 Å². The number of fused-ring (bicyclic) bond motifs is 1. The second kappa shape index (κ2) is 12.7. The number of carbonyl (C=O) groups excluding carboxylic acids is 2. The maximum atomic E-state index is 13.0. The predicted octanol–water partition coefficient (Wildman–Crippen LogP) is 4.65. The number of para-hydroxylation sites is 1. The van der Waals surface area contributed by atoms with Crippen LogP contribution in [0.1, 0.15) is 28.6 Å². The standard InChI is InChI=1S/C30H31N3O5/c1-21(37-26-14-12-23(13-15-26)30(35)32-36)31-29(34)19-25(28-18-24-10-6-7-11-27(24)38-28)20-33(2)17-16-22-8-4-3-5-9-22/h3-15,18-19,21,36H,16-17,20H2,1-2H3,(H,31,34)(H,32,35)/b25-19+. The zero-order valence-corrected chi connectivity index (χ0v) is 21.4. The molecule has 1 unspecified atom stereocenters. The number of nitrogens with zero attached hydrogens (tertiary/aromatic N) is 1. The summed E-state index contributed by atoms with van der Waals surface area (Å²) >= 11 is 0. The van der Waals surface area contributed by atoms with Crippen molar-refractivity contribution in [3.05, 3.63) is 108 Å². The molecule has 0 saturated carbocycles. The monoisotopic (exact) mass is 513 g/mol. The third-order valence-corrected chi connectivity index (χ3v) is 5.99. The minimum absolute atomic E-state index is 0.284. The van der Waals surface area contributed by atoms with E-state index in [4.69, 9.17) is 14.4 Å². The van der Waals surface area contributed by atoms with E-state index in [2.05, 4.69) is 22.3 Å². The molecular weight excluding hydrogens is 482 g/mol. The number of furan rings is 1. The first-order valence-electron chi connectivity index (χ1n) is 12.3. The van der Waals surface area contributed by atoms with Crippen molar-refractivity contribution < 1.29 is 24.0 Å². The number of benzene rings is 3. The molecule has 8 heteroatoms. The Bertz CT molecular complexity index is 1360. The molecular formula is C30H31N3O5. The van der Waals surface area contributed by atoms with Crippen LogP contribution in [0.2, 0.25) is 0 Å². The molecule has 0 saturated heterocycles. The average molecular weight is 514 g/mol. The first-order valence-corrected chi connectivity index (χ1v) is 12.3. The van der Waals surface area contributed by atoms with E-state index in [1.807, 2.05) is 55.6 Å². The molecule has 0 bridgehead atoms. The van der Waals surface area contributed by atoms with Gasteiger partial charge in [0.2, 0.25) is 5.91 Å². The molecule has 3 aromatic carbocycles. The Morgan fingerprint density at radius 2 is 1.74 bits per heavy atom. The van der Waals surface area contributed by atoms with E-state index in [-0.39, 0.29) is 11.5 Å². The lowest BCUT2D eigenvalue weighted by Crippen LogP contribution is -2.36. The largest absolute Gasteiger partial charge is 0.471 e. The third-order valence-electron chi connectivity index (χ3n) is 5.99. The van der Waals surface area contributed by atoms with Crippen molar-refractivity contribution in [3.63, 3.8) is 0 Å². The molecule has 0 aliphatic rings. The molecule has 196 valence electrons. The maximum absolute atomic E-state index is 13.0. The Morgan fingerprint density at radius 3 is 2.45 bits per heavy atom. The zero-order valence-electron chi connectivity index (χ0n) is 21.4. The van der Waals surface area contributed by atoms with E-state index >= 15 is 0 Å². The topological polar surface area (TPSA) is 104 Å². The summed E-state index contributed by atoms with van der Waals surface area (Å²) in [6.45, 7) is 3.05. The van der Waals surface area contributed by atoms with Crippen LogP contribution in [-0.4, -0.2) is 48.3 Å². The molecule has 0 radical (unpaired) electrons. The third kappa shape index (κ3) is 7.32. The number of amides is 2. The van der Waals surface area contributed by atoms with Gasteiger partial charge in [0, 0.05) is 35.7 Å². The SMILES string of the molecule is CC(NC(=O)/C=C(\CN(C)CCc1ccccc1)c1cc2ccccc2o1)Oc1ccc(C(=O)NO)cc1. The summed E-state index contributed by atoms with van der Waals surface area (Å²) in [4.78, 5) is 26.6. The Balaban J connectivity index is 1.45. The molecule has 1 heterocycles. The summed E-state index contributed by atoms with van der Waals surface area (Å²) < 4.78 is 11.8. The molecule has 3 N–H and O–H groups in total. The fourth-order valence-corrected chi connectivity index (χ4v) is 4.05. The number of hydroxylamine groups is 1. The predicted molar refractivity (Wildman–Crippen MR) is 146 cm³/mol. The van der Waals surface area contributed by atoms with Crippen LogP contribution in [0.25, 0.3) is 16.5 Å². The minimum atomic E-state index is -0.635. The number of carbonyl (C=O) groups is 2. The van der Waals surface area contributed by atoms with Gasteiger partial charge in [-0.15, -0.1) is 0 Å². The van der Waals surface area contributed by atoms with Gasteiger partial charge < -0.3 is 19.4 Å². The summed E-state index contributed by atoms with van der Waals surface area (Å²) in [5, 5.41) is 12.5. The van der Waals surface area contributed by atoms with E-state index in [1.54, 1.807) is 30.6 Å². The van der Waals surface area contributed by atoms with E-state index in [1.165, 1.54) is 17.7 Å². The molecule has 0 fully saturated rings. The van der Waals surface area contributed by atoms with Gasteiger partial charge in [-0.3, -0.25) is 14.8 Å². The fourth-order valence-electron chi connectivity index (χ4n) is 4.05. The van der Waals surface area contributed by atoms with E-state index in [9.17, 15) is 9.59 Å². The van der Waals surface area contributed by atoms with Crippen LogP contribution in [-0.2, 0) is 11.2 Å². The summed E-state index contributed by atoms with van der Waals surface area (Å²) in [7, 11) is 2.02. The van der Waals surface area contributed by atoms with E-state index in [0.29, 0.717) is 18.1 Å². The second-order valence-corrected chi connectivity index (χ2v) is 9.03. The molecule has 2 amide bonds. The summed E-state index contributed by atoms with van der Waals surface area (Å²) in [6, 6.07) is 26.2. The number of hydrogen-bond donors (Lipinski definition) is 3. The molecule has 1 aromatic heterocycles. The first kappa shape index (κ1) is 26.7. The molecule has 0 spiro atoms. The molecule has 38 heavy (non-hydrogen) atoms. The van der Waals surface area contributed by atoms with Crippen molar-refractivity contribution in [2.45, 2.75) is 19.6 Å². The lowest BCUT2D eigenvalue weighted by molar-refractivity contribution is -0.118. The molecule has 0 aliphatic heterocycles. The van der Waals surface area contributed by atoms with Gasteiger partial charge in [0.15, 0.2) is 6.23 Å². The lowest BCUT2D eigenvalue weighted by Gasteiger charge is -2.19. The van der Waals surface area contributed by atoms with Crippen LogP contribution in [0.3, 0.4) is 0 Å². The minimum Gasteiger partial charge on any atom is -0.471 e. The Labute approximate surface area is 221 Å². The number of likely N-dealkylation sites (N-methyl/N-ethyl adjacent to an activating group) is 1. The highest BCUT2D eigenvalue weighted by Gasteiger charge is 2.15. The van der Waals surface area contributed by atoms with Crippen molar-refractivity contribution in [1.82, 2.24) is 15.7 Å². The van der Waals surface area contributed by atoms with Gasteiger partial charge in [-0.2, -0.15) is 0 Å². The molecule has 4 aromatic rings. The summed E-state index contributed by atoms with van der Waals surface area (Å²) in [5.41, 5.74) is 4.63. The van der Waals surface area contributed by atoms with Gasteiger partial charge in [-0.25, -0.2) is 5.48 Å². The van der Waals surface area contributed by atoms with Gasteiger partial charge in [-0.05, 0) is 62.4 Å². The van der Waals surface area contributed by atoms with E-state index < -0.39 is 12.1 Å². The number of hydrogen-bond acceptors (Lipinski definition) is 6. The van der Waals surface area contributed by atoms with Gasteiger partial charge in [0.1, 0.15) is 17.1 Å². The Hall–Kier alpha value is -4.40. The highest BCUT2D eigenvalue weighted by atomic mass is 16.5. The number of nitrogens with one attached hydrogen (secondary N) is 2. The van der Waals surface area contributed by atoms with Crippen LogP contribution in [0, 0.1) is 0 Å². The van der Waals surface area contributed by atoms with Crippen molar-refractivity contribution in [1.29, 1.82) is 0 Å². The molecule has 4 rings (SSSR count). The Morgan fingerprint density at radius 1 is 1.03 bits per heavy atom. The quantitative estimate of drug-likeness (QED) is 0.117. The van der Waals surface area contributed by atoms with Crippen LogP contribution in [0.4, 0.5) is 0 Å². The van der Waals surface area contributed by atoms with Crippen molar-refractivity contribution in [2.75, 3.05) is 20.1 Å². The molecule has 8 nitrogen and oxygen atoms in total. The maximum Gasteiger partial charge on any atom is 0.274 e. The van der Waals surface area contributed by atoms with Gasteiger partial charge in [-0.1, -0.05) is 48.5 Å². The van der Waals surface area contributed by atoms with Crippen molar-refractivity contribution >= 4 is 28.4 Å². The highest BCUT2D eigenvalue weighted by molar-refractivity contribution is 5.96. The average Bonchev–Trinajstić information content (AvgIpc) is 3.36. The number of rotatable bonds is 11. The zero-order chi connectivity index (χ0) is 26.9. The Kier molecular flexibility index (Phi) is 8.92. The second-order valence-electron chi connectivity index (χ2n) is 9.03. The normalized spacial score (nSPS) is 12.4.